The predicted molar refractivity (Wildman–Crippen MR) is 71.8 cm³/mol. The van der Waals surface area contributed by atoms with Crippen molar-refractivity contribution in [2.45, 2.75) is 26.3 Å². The number of amides is 1. The first-order chi connectivity index (χ1) is 8.60. The first kappa shape index (κ1) is 12.1. The van der Waals surface area contributed by atoms with E-state index in [1.165, 1.54) is 11.3 Å². The highest BCUT2D eigenvalue weighted by Gasteiger charge is 2.49. The number of nitrogens with zero attached hydrogens (tertiary/aromatic N) is 3. The fraction of sp³-hybridized carbons (Fsp3) is 0.692. The third kappa shape index (κ3) is 1.95. The van der Waals surface area contributed by atoms with Crippen molar-refractivity contribution in [1.29, 1.82) is 0 Å². The lowest BCUT2D eigenvalue weighted by Gasteiger charge is -2.50. The minimum Gasteiger partial charge on any atom is -0.337 e. The molecule has 2 aliphatic rings. The van der Waals surface area contributed by atoms with Crippen LogP contribution in [-0.2, 0) is 0 Å². The molecule has 1 aromatic rings. The number of hydrogen-bond acceptors (Lipinski definition) is 4. The summed E-state index contributed by atoms with van der Waals surface area (Å²) in [6, 6.07) is 0.624. The van der Waals surface area contributed by atoms with Gasteiger partial charge in [0.05, 0.1) is 5.51 Å². The zero-order valence-electron chi connectivity index (χ0n) is 10.9. The molecule has 1 amide bonds. The van der Waals surface area contributed by atoms with Crippen LogP contribution >= 0.6 is 11.3 Å². The standard InChI is InChI=1S/C13H19N3OS/c1-10(2)16-7-13(8-16)3-4-15(6-13)12(17)11-5-18-9-14-11/h5,9-10H,3-4,6-8H2,1-2H3. The number of rotatable bonds is 2. The molecule has 98 valence electrons. The van der Waals surface area contributed by atoms with Gasteiger partial charge in [0.1, 0.15) is 5.69 Å². The molecule has 0 atom stereocenters. The molecule has 0 radical (unpaired) electrons. The van der Waals surface area contributed by atoms with Gasteiger partial charge >= 0.3 is 0 Å². The van der Waals surface area contributed by atoms with Gasteiger partial charge in [0.15, 0.2) is 0 Å². The number of aromatic nitrogens is 1. The molecule has 2 fully saturated rings. The molecule has 2 saturated heterocycles. The van der Waals surface area contributed by atoms with E-state index in [-0.39, 0.29) is 5.91 Å². The van der Waals surface area contributed by atoms with Gasteiger partial charge in [-0.3, -0.25) is 9.69 Å². The second kappa shape index (κ2) is 4.31. The number of carbonyl (C=O) groups is 1. The molecule has 0 saturated carbocycles. The summed E-state index contributed by atoms with van der Waals surface area (Å²) < 4.78 is 0. The highest BCUT2D eigenvalue weighted by molar-refractivity contribution is 7.07. The smallest absolute Gasteiger partial charge is 0.273 e. The monoisotopic (exact) mass is 265 g/mol. The highest BCUT2D eigenvalue weighted by atomic mass is 32.1. The summed E-state index contributed by atoms with van der Waals surface area (Å²) in [5.41, 5.74) is 2.70. The van der Waals surface area contributed by atoms with Crippen LogP contribution in [0.25, 0.3) is 0 Å². The number of hydrogen-bond donors (Lipinski definition) is 0. The summed E-state index contributed by atoms with van der Waals surface area (Å²) in [7, 11) is 0. The topological polar surface area (TPSA) is 36.4 Å². The molecule has 0 bridgehead atoms. The Morgan fingerprint density at radius 1 is 1.44 bits per heavy atom. The largest absolute Gasteiger partial charge is 0.337 e. The van der Waals surface area contributed by atoms with Crippen LogP contribution in [0.3, 0.4) is 0 Å². The van der Waals surface area contributed by atoms with E-state index in [0.29, 0.717) is 17.2 Å². The SMILES string of the molecule is CC(C)N1CC2(CCN(C(=O)c3cscn3)C2)C1. The van der Waals surface area contributed by atoms with Crippen LogP contribution in [0.4, 0.5) is 0 Å². The molecule has 3 heterocycles. The molecular formula is C13H19N3OS. The van der Waals surface area contributed by atoms with Gasteiger partial charge in [0.2, 0.25) is 0 Å². The summed E-state index contributed by atoms with van der Waals surface area (Å²) in [4.78, 5) is 20.8. The van der Waals surface area contributed by atoms with Crippen LogP contribution < -0.4 is 0 Å². The lowest BCUT2D eigenvalue weighted by atomic mass is 9.78. The summed E-state index contributed by atoms with van der Waals surface area (Å²) in [6.45, 7) is 8.56. The van der Waals surface area contributed by atoms with Gasteiger partial charge in [0, 0.05) is 43.0 Å². The van der Waals surface area contributed by atoms with E-state index in [0.717, 1.165) is 32.6 Å². The Balaban J connectivity index is 1.62. The van der Waals surface area contributed by atoms with Gasteiger partial charge in [-0.15, -0.1) is 11.3 Å². The third-order valence-electron chi connectivity index (χ3n) is 4.18. The molecule has 2 aliphatic heterocycles. The van der Waals surface area contributed by atoms with E-state index in [9.17, 15) is 4.79 Å². The van der Waals surface area contributed by atoms with Crippen LogP contribution in [0.5, 0.6) is 0 Å². The minimum absolute atomic E-state index is 0.108. The second-order valence-corrected chi connectivity index (χ2v) is 6.57. The Morgan fingerprint density at radius 2 is 2.22 bits per heavy atom. The Labute approximate surface area is 112 Å². The van der Waals surface area contributed by atoms with E-state index in [2.05, 4.69) is 23.7 Å². The van der Waals surface area contributed by atoms with Crippen molar-refractivity contribution in [3.8, 4) is 0 Å². The lowest BCUT2D eigenvalue weighted by molar-refractivity contribution is -0.0132. The van der Waals surface area contributed by atoms with Crippen molar-refractivity contribution in [3.63, 3.8) is 0 Å². The molecule has 0 unspecified atom stereocenters. The maximum Gasteiger partial charge on any atom is 0.273 e. The zero-order valence-corrected chi connectivity index (χ0v) is 11.7. The van der Waals surface area contributed by atoms with Crippen LogP contribution in [0, 0.1) is 5.41 Å². The maximum atomic E-state index is 12.2. The molecule has 18 heavy (non-hydrogen) atoms. The van der Waals surface area contributed by atoms with Crippen LogP contribution in [0.15, 0.2) is 10.9 Å². The predicted octanol–water partition coefficient (Wildman–Crippen LogP) is 1.70. The molecule has 1 aromatic heterocycles. The zero-order chi connectivity index (χ0) is 12.8. The molecule has 1 spiro atoms. The molecule has 3 rings (SSSR count). The average molecular weight is 265 g/mol. The molecule has 5 heteroatoms. The summed E-state index contributed by atoms with van der Waals surface area (Å²) >= 11 is 1.48. The van der Waals surface area contributed by atoms with Crippen molar-refractivity contribution in [1.82, 2.24) is 14.8 Å². The van der Waals surface area contributed by atoms with Crippen molar-refractivity contribution < 1.29 is 4.79 Å². The molecule has 4 nitrogen and oxygen atoms in total. The van der Waals surface area contributed by atoms with E-state index in [1.807, 2.05) is 10.3 Å². The first-order valence-electron chi connectivity index (χ1n) is 6.51. The Kier molecular flexibility index (Phi) is 2.90. The third-order valence-corrected chi connectivity index (χ3v) is 4.77. The van der Waals surface area contributed by atoms with Crippen molar-refractivity contribution in [2.24, 2.45) is 5.41 Å². The van der Waals surface area contributed by atoms with Gasteiger partial charge in [0.25, 0.3) is 5.91 Å². The van der Waals surface area contributed by atoms with Gasteiger partial charge in [-0.1, -0.05) is 0 Å². The Bertz CT molecular complexity index is 437. The normalized spacial score (nSPS) is 22.7. The first-order valence-corrected chi connectivity index (χ1v) is 7.45. The summed E-state index contributed by atoms with van der Waals surface area (Å²) in [5, 5.41) is 1.84. The van der Waals surface area contributed by atoms with Crippen molar-refractivity contribution >= 4 is 17.2 Å². The number of likely N-dealkylation sites (tertiary alicyclic amines) is 2. The van der Waals surface area contributed by atoms with Crippen LogP contribution in [-0.4, -0.2) is 52.9 Å². The van der Waals surface area contributed by atoms with Crippen LogP contribution in [0.1, 0.15) is 30.8 Å². The molecule has 0 N–H and O–H groups in total. The van der Waals surface area contributed by atoms with E-state index in [4.69, 9.17) is 0 Å². The molecule has 0 aliphatic carbocycles. The number of thiazole rings is 1. The average Bonchev–Trinajstić information content (AvgIpc) is 2.95. The fourth-order valence-electron chi connectivity index (χ4n) is 3.03. The fourth-order valence-corrected chi connectivity index (χ4v) is 3.55. The van der Waals surface area contributed by atoms with Gasteiger partial charge in [-0.05, 0) is 20.3 Å². The maximum absolute atomic E-state index is 12.2. The molecule has 0 aromatic carbocycles. The van der Waals surface area contributed by atoms with Gasteiger partial charge < -0.3 is 4.90 Å². The van der Waals surface area contributed by atoms with E-state index >= 15 is 0 Å². The van der Waals surface area contributed by atoms with Crippen molar-refractivity contribution in [3.05, 3.63) is 16.6 Å². The quantitative estimate of drug-likeness (QED) is 0.816. The van der Waals surface area contributed by atoms with Gasteiger partial charge in [-0.25, -0.2) is 4.98 Å². The van der Waals surface area contributed by atoms with Gasteiger partial charge in [-0.2, -0.15) is 0 Å². The van der Waals surface area contributed by atoms with Crippen molar-refractivity contribution in [2.75, 3.05) is 26.2 Å². The Hall–Kier alpha value is -0.940. The Morgan fingerprint density at radius 3 is 2.83 bits per heavy atom. The lowest BCUT2D eigenvalue weighted by Crippen LogP contribution is -2.59. The summed E-state index contributed by atoms with van der Waals surface area (Å²) in [5.74, 6) is 0.108. The van der Waals surface area contributed by atoms with E-state index in [1.54, 1.807) is 5.51 Å². The molecular weight excluding hydrogens is 246 g/mol. The summed E-state index contributed by atoms with van der Waals surface area (Å²) in [6.07, 6.45) is 1.14. The van der Waals surface area contributed by atoms with Crippen LogP contribution in [0.2, 0.25) is 0 Å². The number of carbonyl (C=O) groups excluding carboxylic acids is 1. The minimum atomic E-state index is 0.108. The second-order valence-electron chi connectivity index (χ2n) is 5.85. The van der Waals surface area contributed by atoms with E-state index < -0.39 is 0 Å². The highest BCUT2D eigenvalue weighted by Crippen LogP contribution is 2.40.